The third-order valence-electron chi connectivity index (χ3n) is 5.58. The van der Waals surface area contributed by atoms with Crippen LogP contribution in [0.4, 0.5) is 8.78 Å². The predicted molar refractivity (Wildman–Crippen MR) is 117 cm³/mol. The normalized spacial score (nSPS) is 17.5. The van der Waals surface area contributed by atoms with E-state index in [-0.39, 0.29) is 28.8 Å². The number of nitrogens with zero attached hydrogens (tertiary/aromatic N) is 1. The minimum absolute atomic E-state index is 0.00840. The lowest BCUT2D eigenvalue weighted by Gasteiger charge is -2.28. The topological polar surface area (TPSA) is 49.4 Å². The molecule has 3 rings (SSSR count). The fourth-order valence-corrected chi connectivity index (χ4v) is 4.00. The number of rotatable bonds is 5. The molecule has 6 heteroatoms. The number of halogens is 2. The zero-order valence-electron chi connectivity index (χ0n) is 18.5. The van der Waals surface area contributed by atoms with E-state index >= 15 is 0 Å². The van der Waals surface area contributed by atoms with Gasteiger partial charge in [-0.25, -0.2) is 8.78 Å². The molecule has 1 aliphatic heterocycles. The standard InChI is InChI=1S/C25H30F2N2O2/c1-16(17-10-12-18(13-11-17)23-19(26)7-5-8-20(23)27)28-24(31)21-9-6-14-29(21)22(30)15-25(2,3)4/h5,7-8,10-13,16,21H,6,9,14-15H2,1-4H3,(H,28,31)/t16-,21?/m0/s1. The molecule has 0 saturated carbocycles. The quantitative estimate of drug-likeness (QED) is 0.708. The number of likely N-dealkylation sites (tertiary alicyclic amines) is 1. The first-order valence-electron chi connectivity index (χ1n) is 10.7. The molecule has 1 aliphatic rings. The average Bonchev–Trinajstić information content (AvgIpc) is 3.17. The van der Waals surface area contributed by atoms with Gasteiger partial charge >= 0.3 is 0 Å². The minimum atomic E-state index is -0.615. The van der Waals surface area contributed by atoms with Crippen molar-refractivity contribution < 1.29 is 18.4 Å². The summed E-state index contributed by atoms with van der Waals surface area (Å²) in [6.45, 7) is 8.48. The van der Waals surface area contributed by atoms with Gasteiger partial charge in [0.15, 0.2) is 0 Å². The van der Waals surface area contributed by atoms with Crippen molar-refractivity contribution in [1.82, 2.24) is 10.2 Å². The van der Waals surface area contributed by atoms with Gasteiger partial charge in [-0.2, -0.15) is 0 Å². The number of carbonyl (C=O) groups excluding carboxylic acids is 2. The highest BCUT2D eigenvalue weighted by molar-refractivity contribution is 5.88. The molecule has 0 spiro atoms. The summed E-state index contributed by atoms with van der Waals surface area (Å²) in [5.41, 5.74) is 1.06. The van der Waals surface area contributed by atoms with Crippen LogP contribution in [0.25, 0.3) is 11.1 Å². The Labute approximate surface area is 182 Å². The molecule has 4 nitrogen and oxygen atoms in total. The number of amides is 2. The summed E-state index contributed by atoms with van der Waals surface area (Å²) in [5, 5.41) is 2.99. The first-order valence-corrected chi connectivity index (χ1v) is 10.7. The van der Waals surface area contributed by atoms with Gasteiger partial charge in [-0.1, -0.05) is 51.1 Å². The van der Waals surface area contributed by atoms with E-state index in [1.807, 2.05) is 27.7 Å². The molecule has 2 amide bonds. The van der Waals surface area contributed by atoms with E-state index in [1.54, 1.807) is 29.2 Å². The molecule has 0 radical (unpaired) electrons. The van der Waals surface area contributed by atoms with Crippen LogP contribution in [-0.2, 0) is 9.59 Å². The Kier molecular flexibility index (Phi) is 6.77. The van der Waals surface area contributed by atoms with Gasteiger partial charge in [-0.15, -0.1) is 0 Å². The summed E-state index contributed by atoms with van der Waals surface area (Å²) in [4.78, 5) is 27.2. The largest absolute Gasteiger partial charge is 0.348 e. The van der Waals surface area contributed by atoms with E-state index in [0.29, 0.717) is 24.9 Å². The number of hydrogen-bond donors (Lipinski definition) is 1. The average molecular weight is 429 g/mol. The van der Waals surface area contributed by atoms with Gasteiger partial charge in [-0.05, 0) is 48.4 Å². The van der Waals surface area contributed by atoms with E-state index in [9.17, 15) is 18.4 Å². The Balaban J connectivity index is 1.67. The Morgan fingerprint density at radius 2 is 1.71 bits per heavy atom. The molecule has 166 valence electrons. The van der Waals surface area contributed by atoms with Crippen LogP contribution < -0.4 is 5.32 Å². The maximum absolute atomic E-state index is 14.0. The zero-order valence-corrected chi connectivity index (χ0v) is 18.5. The summed E-state index contributed by atoms with van der Waals surface area (Å²) >= 11 is 0. The minimum Gasteiger partial charge on any atom is -0.348 e. The molecular formula is C25H30F2N2O2. The summed E-state index contributed by atoms with van der Waals surface area (Å²) in [6, 6.07) is 9.83. The van der Waals surface area contributed by atoms with Crippen LogP contribution in [0, 0.1) is 17.0 Å². The number of benzene rings is 2. The van der Waals surface area contributed by atoms with Crippen molar-refractivity contribution in [3.8, 4) is 11.1 Å². The first-order chi connectivity index (χ1) is 14.6. The lowest BCUT2D eigenvalue weighted by Crippen LogP contribution is -2.47. The van der Waals surface area contributed by atoms with Crippen molar-refractivity contribution in [2.75, 3.05) is 6.54 Å². The molecule has 0 aliphatic carbocycles. The Hall–Kier alpha value is -2.76. The van der Waals surface area contributed by atoms with Gasteiger partial charge < -0.3 is 10.2 Å². The van der Waals surface area contributed by atoms with Crippen LogP contribution >= 0.6 is 0 Å². The van der Waals surface area contributed by atoms with Gasteiger partial charge in [0.05, 0.1) is 11.6 Å². The van der Waals surface area contributed by atoms with Crippen molar-refractivity contribution >= 4 is 11.8 Å². The first kappa shape index (κ1) is 22.9. The molecule has 1 N–H and O–H groups in total. The van der Waals surface area contributed by atoms with Crippen molar-refractivity contribution in [2.45, 2.75) is 59.0 Å². The van der Waals surface area contributed by atoms with Crippen molar-refractivity contribution in [3.05, 3.63) is 59.7 Å². The molecule has 2 aromatic rings. The Morgan fingerprint density at radius 1 is 1.10 bits per heavy atom. The van der Waals surface area contributed by atoms with Gasteiger partial charge in [0.2, 0.25) is 11.8 Å². The van der Waals surface area contributed by atoms with Gasteiger partial charge in [0.1, 0.15) is 17.7 Å². The van der Waals surface area contributed by atoms with Crippen LogP contribution in [0.1, 0.15) is 58.6 Å². The summed E-state index contributed by atoms with van der Waals surface area (Å²) in [6.07, 6.45) is 1.87. The second-order valence-electron chi connectivity index (χ2n) is 9.43. The summed E-state index contributed by atoms with van der Waals surface area (Å²) < 4.78 is 28.0. The van der Waals surface area contributed by atoms with Crippen LogP contribution in [0.5, 0.6) is 0 Å². The number of hydrogen-bond acceptors (Lipinski definition) is 2. The Bertz CT molecular complexity index is 931. The van der Waals surface area contributed by atoms with E-state index in [0.717, 1.165) is 12.0 Å². The lowest BCUT2D eigenvalue weighted by atomic mass is 9.91. The van der Waals surface area contributed by atoms with Crippen LogP contribution in [-0.4, -0.2) is 29.3 Å². The molecule has 1 saturated heterocycles. The summed E-state index contributed by atoms with van der Waals surface area (Å²) in [7, 11) is 0. The van der Waals surface area contributed by atoms with E-state index in [2.05, 4.69) is 5.32 Å². The van der Waals surface area contributed by atoms with Crippen LogP contribution in [0.2, 0.25) is 0 Å². The van der Waals surface area contributed by atoms with Crippen molar-refractivity contribution in [3.63, 3.8) is 0 Å². The van der Waals surface area contributed by atoms with Gasteiger partial charge in [0.25, 0.3) is 0 Å². The summed E-state index contributed by atoms with van der Waals surface area (Å²) in [5.74, 6) is -1.39. The molecule has 1 unspecified atom stereocenters. The monoisotopic (exact) mass is 428 g/mol. The predicted octanol–water partition coefficient (Wildman–Crippen LogP) is 5.24. The highest BCUT2D eigenvalue weighted by Gasteiger charge is 2.35. The molecule has 0 bridgehead atoms. The Morgan fingerprint density at radius 3 is 2.29 bits per heavy atom. The van der Waals surface area contributed by atoms with E-state index < -0.39 is 17.7 Å². The molecule has 1 heterocycles. The highest BCUT2D eigenvalue weighted by Crippen LogP contribution is 2.28. The van der Waals surface area contributed by atoms with Gasteiger partial charge in [-0.3, -0.25) is 9.59 Å². The highest BCUT2D eigenvalue weighted by atomic mass is 19.1. The zero-order chi connectivity index (χ0) is 22.8. The van der Waals surface area contributed by atoms with Crippen molar-refractivity contribution in [1.29, 1.82) is 0 Å². The maximum atomic E-state index is 14.0. The van der Waals surface area contributed by atoms with Crippen molar-refractivity contribution in [2.24, 2.45) is 5.41 Å². The smallest absolute Gasteiger partial charge is 0.243 e. The molecule has 0 aromatic heterocycles. The number of carbonyl (C=O) groups is 2. The van der Waals surface area contributed by atoms with Crippen LogP contribution in [0.3, 0.4) is 0 Å². The lowest BCUT2D eigenvalue weighted by molar-refractivity contribution is -0.140. The SMILES string of the molecule is C[C@H](NC(=O)C1CCCN1C(=O)CC(C)(C)C)c1ccc(-c2c(F)cccc2F)cc1. The fraction of sp³-hybridized carbons (Fsp3) is 0.440. The fourth-order valence-electron chi connectivity index (χ4n) is 4.00. The van der Waals surface area contributed by atoms with Gasteiger partial charge in [0, 0.05) is 13.0 Å². The molecule has 2 atom stereocenters. The van der Waals surface area contributed by atoms with Crippen LogP contribution in [0.15, 0.2) is 42.5 Å². The molecule has 31 heavy (non-hydrogen) atoms. The number of nitrogens with one attached hydrogen (secondary N) is 1. The maximum Gasteiger partial charge on any atom is 0.243 e. The second kappa shape index (κ2) is 9.16. The third-order valence-corrected chi connectivity index (χ3v) is 5.58. The molecular weight excluding hydrogens is 398 g/mol. The van der Waals surface area contributed by atoms with E-state index in [1.165, 1.54) is 18.2 Å². The molecule has 2 aromatic carbocycles. The molecule has 1 fully saturated rings. The third kappa shape index (κ3) is 5.49. The van der Waals surface area contributed by atoms with E-state index in [4.69, 9.17) is 0 Å². The second-order valence-corrected chi connectivity index (χ2v) is 9.43.